The molecule has 3 aromatic rings. The molecule has 1 aromatic heterocycles. The van der Waals surface area contributed by atoms with Crippen LogP contribution in [0.15, 0.2) is 47.8 Å². The summed E-state index contributed by atoms with van der Waals surface area (Å²) in [6, 6.07) is 14.7. The minimum atomic E-state index is -0.527. The van der Waals surface area contributed by atoms with Gasteiger partial charge < -0.3 is 9.47 Å². The van der Waals surface area contributed by atoms with Gasteiger partial charge in [0.15, 0.2) is 5.75 Å². The smallest absolute Gasteiger partial charge is 0.315 e. The van der Waals surface area contributed by atoms with E-state index in [4.69, 9.17) is 9.47 Å². The van der Waals surface area contributed by atoms with E-state index in [0.717, 1.165) is 11.3 Å². The van der Waals surface area contributed by atoms with Crippen LogP contribution in [0, 0.1) is 21.4 Å². The van der Waals surface area contributed by atoms with Gasteiger partial charge in [0.1, 0.15) is 11.1 Å². The first-order valence-corrected chi connectivity index (χ1v) is 9.97. The average molecular weight is 421 g/mol. The van der Waals surface area contributed by atoms with Crippen LogP contribution in [0.1, 0.15) is 24.4 Å². The molecule has 0 saturated heterocycles. The lowest BCUT2D eigenvalue weighted by Crippen LogP contribution is -2.09. The minimum Gasteiger partial charge on any atom is -0.493 e. The second-order valence-electron chi connectivity index (χ2n) is 6.57. The van der Waals surface area contributed by atoms with Gasteiger partial charge in [-0.05, 0) is 31.6 Å². The van der Waals surface area contributed by atoms with Crippen molar-refractivity contribution in [2.24, 2.45) is 0 Å². The number of methoxy groups -OCH3 is 1. The summed E-state index contributed by atoms with van der Waals surface area (Å²) >= 11 is 1.34. The van der Waals surface area contributed by atoms with Crippen LogP contribution in [0.2, 0.25) is 0 Å². The first kappa shape index (κ1) is 21.0. The van der Waals surface area contributed by atoms with Crippen LogP contribution in [-0.2, 0) is 0 Å². The summed E-state index contributed by atoms with van der Waals surface area (Å²) in [6.45, 7) is 3.55. The van der Waals surface area contributed by atoms with Gasteiger partial charge in [0.25, 0.3) is 0 Å². The van der Waals surface area contributed by atoms with Gasteiger partial charge in [-0.15, -0.1) is 11.3 Å². The fourth-order valence-corrected chi connectivity index (χ4v) is 3.58. The minimum absolute atomic E-state index is 0.0637. The summed E-state index contributed by atoms with van der Waals surface area (Å²) in [5.41, 5.74) is 2.24. The van der Waals surface area contributed by atoms with E-state index in [9.17, 15) is 15.4 Å². The van der Waals surface area contributed by atoms with E-state index in [1.54, 1.807) is 26.0 Å². The number of nitro groups is 1. The van der Waals surface area contributed by atoms with E-state index >= 15 is 0 Å². The monoisotopic (exact) mass is 421 g/mol. The van der Waals surface area contributed by atoms with E-state index in [1.165, 1.54) is 24.5 Å². The number of rotatable bonds is 7. The molecule has 0 unspecified atom stereocenters. The Hall–Kier alpha value is -3.70. The summed E-state index contributed by atoms with van der Waals surface area (Å²) in [5, 5.41) is 23.6. The summed E-state index contributed by atoms with van der Waals surface area (Å²) < 4.78 is 10.9. The molecule has 0 aliphatic carbocycles. The van der Waals surface area contributed by atoms with Crippen LogP contribution < -0.4 is 9.47 Å². The van der Waals surface area contributed by atoms with Crippen LogP contribution in [0.5, 0.6) is 11.5 Å². The lowest BCUT2D eigenvalue weighted by atomic mass is 10.1. The molecule has 0 radical (unpaired) electrons. The summed E-state index contributed by atoms with van der Waals surface area (Å²) in [7, 11) is 1.41. The highest BCUT2D eigenvalue weighted by Gasteiger charge is 2.23. The number of hydrogen-bond donors (Lipinski definition) is 0. The van der Waals surface area contributed by atoms with E-state index in [2.05, 4.69) is 11.1 Å². The molecule has 0 atom stereocenters. The summed E-state index contributed by atoms with van der Waals surface area (Å²) in [5.74, 6) is 0.291. The van der Waals surface area contributed by atoms with Crippen LogP contribution in [0.25, 0.3) is 22.9 Å². The zero-order chi connectivity index (χ0) is 21.7. The highest BCUT2D eigenvalue weighted by molar-refractivity contribution is 7.11. The van der Waals surface area contributed by atoms with Gasteiger partial charge in [0, 0.05) is 17.0 Å². The molecule has 152 valence electrons. The quantitative estimate of drug-likeness (QED) is 0.281. The van der Waals surface area contributed by atoms with Gasteiger partial charge in [-0.25, -0.2) is 4.98 Å². The number of ether oxygens (including phenoxy) is 2. The second-order valence-corrected chi connectivity index (χ2v) is 7.43. The molecular formula is C22H19N3O4S. The predicted molar refractivity (Wildman–Crippen MR) is 116 cm³/mol. The third-order valence-corrected chi connectivity index (χ3v) is 4.94. The molecule has 2 aromatic carbocycles. The third kappa shape index (κ3) is 4.64. The maximum atomic E-state index is 11.6. The third-order valence-electron chi connectivity index (χ3n) is 4.06. The average Bonchev–Trinajstić information content (AvgIpc) is 3.22. The molecule has 0 aliphatic rings. The number of hydrogen-bond acceptors (Lipinski definition) is 7. The number of nitrogens with zero attached hydrogens (tertiary/aromatic N) is 3. The maximum absolute atomic E-state index is 11.6. The van der Waals surface area contributed by atoms with Gasteiger partial charge in [0.05, 0.1) is 29.4 Å². The summed E-state index contributed by atoms with van der Waals surface area (Å²) in [4.78, 5) is 15.6. The van der Waals surface area contributed by atoms with Crippen molar-refractivity contribution in [1.29, 1.82) is 5.26 Å². The number of thiazole rings is 1. The van der Waals surface area contributed by atoms with Gasteiger partial charge in [-0.2, -0.15) is 5.26 Å². The van der Waals surface area contributed by atoms with Crippen molar-refractivity contribution in [3.05, 3.63) is 68.5 Å². The Kier molecular flexibility index (Phi) is 6.45. The zero-order valence-electron chi connectivity index (χ0n) is 16.7. The fraction of sp³-hybridized carbons (Fsp3) is 0.182. The van der Waals surface area contributed by atoms with Crippen molar-refractivity contribution in [3.8, 4) is 28.8 Å². The van der Waals surface area contributed by atoms with Crippen molar-refractivity contribution in [2.75, 3.05) is 7.11 Å². The fourth-order valence-electron chi connectivity index (χ4n) is 2.78. The van der Waals surface area contributed by atoms with Crippen LogP contribution in [0.3, 0.4) is 0 Å². The Bertz CT molecular complexity index is 1130. The molecule has 0 saturated carbocycles. The van der Waals surface area contributed by atoms with Gasteiger partial charge in [-0.3, -0.25) is 10.1 Å². The Morgan fingerprint density at radius 2 is 2.03 bits per heavy atom. The first-order chi connectivity index (χ1) is 14.4. The molecule has 0 N–H and O–H groups in total. The van der Waals surface area contributed by atoms with Crippen LogP contribution in [-0.4, -0.2) is 23.1 Å². The lowest BCUT2D eigenvalue weighted by Gasteiger charge is -2.14. The number of allylic oxidation sites excluding steroid dienone is 1. The second kappa shape index (κ2) is 9.20. The van der Waals surface area contributed by atoms with Crippen molar-refractivity contribution < 1.29 is 14.4 Å². The molecule has 30 heavy (non-hydrogen) atoms. The number of nitriles is 1. The maximum Gasteiger partial charge on any atom is 0.315 e. The highest BCUT2D eigenvalue weighted by atomic mass is 32.1. The Morgan fingerprint density at radius 1 is 1.30 bits per heavy atom. The van der Waals surface area contributed by atoms with Gasteiger partial charge in [-0.1, -0.05) is 30.3 Å². The summed E-state index contributed by atoms with van der Waals surface area (Å²) in [6.07, 6.45) is 1.29. The van der Waals surface area contributed by atoms with E-state index in [-0.39, 0.29) is 23.3 Å². The first-order valence-electron chi connectivity index (χ1n) is 9.09. The Labute approximate surface area is 178 Å². The van der Waals surface area contributed by atoms with Crippen molar-refractivity contribution >= 4 is 28.7 Å². The van der Waals surface area contributed by atoms with E-state index in [1.807, 2.05) is 35.7 Å². The topological polar surface area (TPSA) is 98.3 Å². The lowest BCUT2D eigenvalue weighted by molar-refractivity contribution is -0.386. The Balaban J connectivity index is 2.04. The Morgan fingerprint density at radius 3 is 2.63 bits per heavy atom. The van der Waals surface area contributed by atoms with Gasteiger partial charge >= 0.3 is 5.69 Å². The normalized spacial score (nSPS) is 11.2. The molecule has 0 fully saturated rings. The van der Waals surface area contributed by atoms with Crippen LogP contribution >= 0.6 is 11.3 Å². The number of benzene rings is 2. The molecule has 0 spiro atoms. The van der Waals surface area contributed by atoms with E-state index in [0.29, 0.717) is 16.1 Å². The predicted octanol–water partition coefficient (Wildman–Crippen LogP) is 5.58. The molecule has 0 amide bonds. The number of nitro benzene ring substituents is 1. The molecule has 7 nitrogen and oxygen atoms in total. The van der Waals surface area contributed by atoms with Crippen molar-refractivity contribution in [1.82, 2.24) is 4.98 Å². The molecule has 1 heterocycles. The van der Waals surface area contributed by atoms with Gasteiger partial charge in [0.2, 0.25) is 5.75 Å². The zero-order valence-corrected chi connectivity index (χ0v) is 17.5. The van der Waals surface area contributed by atoms with E-state index < -0.39 is 4.92 Å². The highest BCUT2D eigenvalue weighted by Crippen LogP contribution is 2.40. The van der Waals surface area contributed by atoms with Crippen molar-refractivity contribution in [3.63, 3.8) is 0 Å². The molecule has 8 heteroatoms. The SMILES string of the molecule is COc1cc(/C=C(/C#N)c2nc(-c3ccccc3)cs2)cc([N+](=O)[O-])c1OC(C)C. The van der Waals surface area contributed by atoms with Crippen LogP contribution in [0.4, 0.5) is 5.69 Å². The largest absolute Gasteiger partial charge is 0.493 e. The number of aromatic nitrogens is 1. The van der Waals surface area contributed by atoms with Crippen molar-refractivity contribution in [2.45, 2.75) is 20.0 Å². The molecule has 3 rings (SSSR count). The molecule has 0 aliphatic heterocycles. The standard InChI is InChI=1S/C22H19N3O4S/c1-14(2)29-21-19(25(26)27)10-15(11-20(21)28-3)9-17(12-23)22-24-18(13-30-22)16-7-5-4-6-8-16/h4-11,13-14H,1-3H3/b17-9-. The molecular weight excluding hydrogens is 402 g/mol. The molecule has 0 bridgehead atoms.